The van der Waals surface area contributed by atoms with Gasteiger partial charge in [0.15, 0.2) is 0 Å². The first-order valence-electron chi connectivity index (χ1n) is 1.67. The molecule has 0 bridgehead atoms. The maximum absolute atomic E-state index is 9.56. The third-order valence-corrected chi connectivity index (χ3v) is 1.03. The molecule has 0 spiro atoms. The summed E-state index contributed by atoms with van der Waals surface area (Å²) in [4.78, 5) is 0. The molecule has 0 fully saturated rings. The predicted molar refractivity (Wildman–Crippen MR) is 19.7 cm³/mol. The van der Waals surface area contributed by atoms with Crippen LogP contribution < -0.4 is 14.0 Å². The van der Waals surface area contributed by atoms with Crippen LogP contribution in [0.15, 0.2) is 0 Å². The molecular weight excluding hydrogens is 203 g/mol. The minimum atomic E-state index is -4.22. The van der Waals surface area contributed by atoms with Crippen molar-refractivity contribution in [2.45, 2.75) is 0 Å². The van der Waals surface area contributed by atoms with Crippen LogP contribution in [0.5, 0.6) is 0 Å². The molecule has 6 heteroatoms. The largest absolute Gasteiger partial charge is 0.213 e. The van der Waals surface area contributed by atoms with Gasteiger partial charge in [0.1, 0.15) is 0 Å². The van der Waals surface area contributed by atoms with Crippen molar-refractivity contribution < 1.29 is 28.5 Å². The minimum absolute atomic E-state index is 0.118. The van der Waals surface area contributed by atoms with Crippen molar-refractivity contribution in [3.63, 3.8) is 0 Å². The summed E-state index contributed by atoms with van der Waals surface area (Å²) in [5, 5.41) is 0.335. The van der Waals surface area contributed by atoms with Gasteiger partial charge in [-0.05, 0) is 0 Å². The quantitative estimate of drug-likeness (QED) is 0.472. The molecule has 0 unspecified atom stereocenters. The van der Waals surface area contributed by atoms with Crippen molar-refractivity contribution in [2.75, 3.05) is 11.9 Å². The van der Waals surface area contributed by atoms with Gasteiger partial charge >= 0.3 is 0 Å². The lowest BCUT2D eigenvalue weighted by molar-refractivity contribution is -1.92. The van der Waals surface area contributed by atoms with E-state index in [4.69, 9.17) is 0 Å². The van der Waals surface area contributed by atoms with Gasteiger partial charge in [-0.2, -0.15) is 14.0 Å². The fraction of sp³-hybridized carbons (Fsp3) is 1.00. The van der Waals surface area contributed by atoms with Gasteiger partial charge in [0.25, 0.3) is 0 Å². The first-order chi connectivity index (χ1) is 3.56. The van der Waals surface area contributed by atoms with Crippen molar-refractivity contribution >= 4 is 15.9 Å². The second kappa shape index (κ2) is 3.60. The van der Waals surface area contributed by atoms with E-state index in [1.165, 1.54) is 0 Å². The Hall–Kier alpha value is 0.610. The lowest BCUT2D eigenvalue weighted by atomic mass is 10.9. The topological polar surface area (TPSA) is 78.4 Å². The maximum Gasteiger partial charge on any atom is 0.213 e. The Morgan fingerprint density at radius 3 is 2.00 bits per heavy atom. The molecule has 0 amide bonds. The fourth-order valence-corrected chi connectivity index (χ4v) is 0.738. The Bertz CT molecular complexity index is 61.5. The van der Waals surface area contributed by atoms with Crippen LogP contribution in [0.3, 0.4) is 0 Å². The molecule has 0 saturated carbocycles. The molecule has 0 aliphatic carbocycles. The van der Waals surface area contributed by atoms with Crippen LogP contribution in [0.1, 0.15) is 0 Å². The second-order valence-corrected chi connectivity index (χ2v) is 2.65. The van der Waals surface area contributed by atoms with Crippen LogP contribution in [0, 0.1) is 10.2 Å². The molecule has 0 heterocycles. The van der Waals surface area contributed by atoms with Gasteiger partial charge in [-0.25, -0.2) is 0 Å². The zero-order valence-electron chi connectivity index (χ0n) is 3.80. The van der Waals surface area contributed by atoms with Crippen LogP contribution in [0.2, 0.25) is 0 Å². The van der Waals surface area contributed by atoms with Gasteiger partial charge in [-0.1, -0.05) is 15.9 Å². The highest BCUT2D eigenvalue weighted by molar-refractivity contribution is 9.09. The SMILES string of the molecule is [O-][Cl+3]([O-])([O-])OCCBr. The average molecular weight is 207 g/mol. The van der Waals surface area contributed by atoms with E-state index >= 15 is 0 Å². The van der Waals surface area contributed by atoms with Crippen molar-refractivity contribution in [2.24, 2.45) is 0 Å². The van der Waals surface area contributed by atoms with Crippen LogP contribution in [-0.4, -0.2) is 11.9 Å². The Balaban J connectivity index is 3.11. The molecule has 0 aromatic carbocycles. The van der Waals surface area contributed by atoms with E-state index in [1.54, 1.807) is 0 Å². The van der Waals surface area contributed by atoms with E-state index < -0.39 is 10.2 Å². The zero-order chi connectivity index (χ0) is 6.62. The number of hydrogen-bond acceptors (Lipinski definition) is 4. The lowest BCUT2D eigenvalue weighted by Gasteiger charge is -2.11. The molecule has 0 aromatic rings. The Kier molecular flexibility index (Phi) is 3.87. The second-order valence-electron chi connectivity index (χ2n) is 0.880. The van der Waals surface area contributed by atoms with Crippen molar-refractivity contribution in [3.8, 4) is 0 Å². The Morgan fingerprint density at radius 1 is 1.38 bits per heavy atom. The van der Waals surface area contributed by atoms with E-state index in [2.05, 4.69) is 20.2 Å². The summed E-state index contributed by atoms with van der Waals surface area (Å²) >= 11 is 2.87. The Labute approximate surface area is 56.9 Å². The zero-order valence-corrected chi connectivity index (χ0v) is 6.15. The van der Waals surface area contributed by atoms with E-state index in [-0.39, 0.29) is 6.61 Å². The van der Waals surface area contributed by atoms with E-state index in [1.807, 2.05) is 0 Å². The van der Waals surface area contributed by atoms with Gasteiger partial charge in [0.05, 0.1) is 14.5 Å². The molecule has 4 nitrogen and oxygen atoms in total. The smallest absolute Gasteiger partial charge is 0.183 e. The summed E-state index contributed by atoms with van der Waals surface area (Å²) in [6, 6.07) is 0. The number of halogens is 2. The first-order valence-corrected chi connectivity index (χ1v) is 4.03. The minimum Gasteiger partial charge on any atom is -0.183 e. The molecule has 0 N–H and O–H groups in total. The molecular formula is C2H4BrClO4. The molecule has 8 heavy (non-hydrogen) atoms. The van der Waals surface area contributed by atoms with Gasteiger partial charge in [-0.3, -0.25) is 0 Å². The molecule has 0 atom stereocenters. The predicted octanol–water partition coefficient (Wildman–Crippen LogP) is -2.70. The number of rotatable bonds is 3. The average Bonchev–Trinajstić information content (AvgIpc) is 1.59. The molecule has 0 saturated heterocycles. The van der Waals surface area contributed by atoms with E-state index in [0.717, 1.165) is 0 Å². The van der Waals surface area contributed by atoms with Crippen molar-refractivity contribution in [1.82, 2.24) is 0 Å². The van der Waals surface area contributed by atoms with Gasteiger partial charge in [0.2, 0.25) is 6.61 Å². The van der Waals surface area contributed by atoms with E-state index in [0.29, 0.717) is 5.33 Å². The monoisotopic (exact) mass is 206 g/mol. The maximum atomic E-state index is 9.56. The lowest BCUT2D eigenvalue weighted by Crippen LogP contribution is -2.61. The fourth-order valence-electron chi connectivity index (χ4n) is 0.124. The molecule has 0 aliphatic rings. The first kappa shape index (κ1) is 8.61. The summed E-state index contributed by atoms with van der Waals surface area (Å²) in [5.41, 5.74) is 0. The molecule has 0 aliphatic heterocycles. The highest BCUT2D eigenvalue weighted by atomic mass is 79.9. The van der Waals surface area contributed by atoms with Crippen LogP contribution in [-0.2, 0) is 4.29 Å². The summed E-state index contributed by atoms with van der Waals surface area (Å²) in [6.45, 7) is -0.118. The normalized spacial score (nSPS) is 12.0. The Morgan fingerprint density at radius 2 is 1.88 bits per heavy atom. The van der Waals surface area contributed by atoms with Crippen molar-refractivity contribution in [1.29, 1.82) is 0 Å². The molecule has 50 valence electrons. The molecule has 0 rings (SSSR count). The number of alkyl halides is 1. The van der Waals surface area contributed by atoms with Crippen LogP contribution >= 0.6 is 15.9 Å². The summed E-state index contributed by atoms with van der Waals surface area (Å²) in [5.74, 6) is 0. The van der Waals surface area contributed by atoms with Gasteiger partial charge < -0.3 is 0 Å². The van der Waals surface area contributed by atoms with Crippen LogP contribution in [0.25, 0.3) is 0 Å². The standard InChI is InChI=1S/C2H4BrClO4/c3-1-2-8-4(5,6)7/h1-2H2. The molecule has 0 radical (unpaired) electrons. The van der Waals surface area contributed by atoms with E-state index in [9.17, 15) is 14.0 Å². The van der Waals surface area contributed by atoms with Gasteiger partial charge in [-0.15, -0.1) is 0 Å². The number of hydrogen-bond donors (Lipinski definition) is 0. The summed E-state index contributed by atoms with van der Waals surface area (Å²) < 4.78 is 32.4. The third-order valence-electron chi connectivity index (χ3n) is 0.288. The highest BCUT2D eigenvalue weighted by Crippen LogP contribution is 1.88. The van der Waals surface area contributed by atoms with Crippen LogP contribution in [0.4, 0.5) is 0 Å². The summed E-state index contributed by atoms with van der Waals surface area (Å²) in [7, 11) is -4.22. The molecule has 0 aromatic heterocycles. The van der Waals surface area contributed by atoms with Gasteiger partial charge in [0, 0.05) is 5.33 Å². The van der Waals surface area contributed by atoms with Crippen molar-refractivity contribution in [3.05, 3.63) is 0 Å². The summed E-state index contributed by atoms with van der Waals surface area (Å²) in [6.07, 6.45) is 0. The third kappa shape index (κ3) is 6.61. The highest BCUT2D eigenvalue weighted by Gasteiger charge is 2.14.